The van der Waals surface area contributed by atoms with Gasteiger partial charge in [-0.05, 0) is 31.0 Å². The zero-order valence-electron chi connectivity index (χ0n) is 16.6. The van der Waals surface area contributed by atoms with Gasteiger partial charge in [-0.25, -0.2) is 4.79 Å². The molecule has 31 heavy (non-hydrogen) atoms. The number of methoxy groups -OCH3 is 1. The summed E-state index contributed by atoms with van der Waals surface area (Å²) in [6.07, 6.45) is 3.61. The van der Waals surface area contributed by atoms with Crippen LogP contribution in [0.15, 0.2) is 47.4 Å². The molecule has 0 spiro atoms. The van der Waals surface area contributed by atoms with E-state index in [1.54, 1.807) is 12.1 Å². The number of anilines is 1. The number of amides is 3. The van der Waals surface area contributed by atoms with Crippen molar-refractivity contribution < 1.29 is 19.4 Å². The first kappa shape index (κ1) is 22.0. The molecule has 0 atom stereocenters. The highest BCUT2D eigenvalue weighted by Gasteiger charge is 2.23. The molecule has 1 aromatic heterocycles. The third kappa shape index (κ3) is 5.67. The lowest BCUT2D eigenvalue weighted by molar-refractivity contribution is 0.0997. The number of aromatic hydroxyl groups is 1. The van der Waals surface area contributed by atoms with E-state index >= 15 is 0 Å². The first-order valence-corrected chi connectivity index (χ1v) is 9.71. The van der Waals surface area contributed by atoms with Gasteiger partial charge in [0.15, 0.2) is 5.43 Å². The summed E-state index contributed by atoms with van der Waals surface area (Å²) in [4.78, 5) is 37.0. The van der Waals surface area contributed by atoms with Gasteiger partial charge in [0.1, 0.15) is 11.5 Å². The standard InChI is InChI=1S/C11H10N2O3.C10H11ClN2O2/c1-16-10-5-8-6(4-7(10)11(12)15)9(14)2-3-13-8;11-8-5-7(14)3-4-9(8)13-10(15)12-6-1-2-6/h2-5H,1H3,(H2,12,15)(H,13,14);3-6,14H,1-2H2,(H2,12,13,15). The number of carbonyl (C=O) groups is 2. The van der Waals surface area contributed by atoms with Gasteiger partial charge in [-0.3, -0.25) is 9.59 Å². The van der Waals surface area contributed by atoms with Gasteiger partial charge < -0.3 is 31.2 Å². The molecule has 1 fully saturated rings. The molecule has 0 aliphatic heterocycles. The van der Waals surface area contributed by atoms with Gasteiger partial charge in [0.25, 0.3) is 5.91 Å². The summed E-state index contributed by atoms with van der Waals surface area (Å²) in [6, 6.07) is 8.87. The first-order valence-electron chi connectivity index (χ1n) is 9.33. The number of hydrogen-bond acceptors (Lipinski definition) is 5. The molecule has 0 unspecified atom stereocenters. The van der Waals surface area contributed by atoms with Crippen molar-refractivity contribution in [3.63, 3.8) is 0 Å². The predicted octanol–water partition coefficient (Wildman–Crippen LogP) is 2.97. The number of aromatic nitrogens is 1. The molecule has 162 valence electrons. The van der Waals surface area contributed by atoms with Crippen molar-refractivity contribution in [1.82, 2.24) is 10.3 Å². The molecule has 1 aliphatic carbocycles. The van der Waals surface area contributed by atoms with E-state index in [1.165, 1.54) is 37.6 Å². The average Bonchev–Trinajstić information content (AvgIpc) is 3.54. The van der Waals surface area contributed by atoms with Gasteiger partial charge in [0.2, 0.25) is 0 Å². The van der Waals surface area contributed by atoms with E-state index < -0.39 is 5.91 Å². The summed E-state index contributed by atoms with van der Waals surface area (Å²) in [5.74, 6) is -0.197. The van der Waals surface area contributed by atoms with Crippen LogP contribution in [0.2, 0.25) is 5.02 Å². The number of hydrogen-bond donors (Lipinski definition) is 5. The minimum atomic E-state index is -0.623. The van der Waals surface area contributed by atoms with Gasteiger partial charge in [-0.2, -0.15) is 0 Å². The molecule has 3 amide bonds. The van der Waals surface area contributed by atoms with E-state index in [0.717, 1.165) is 12.8 Å². The van der Waals surface area contributed by atoms with Gasteiger partial charge in [0.05, 0.1) is 28.9 Å². The van der Waals surface area contributed by atoms with Crippen molar-refractivity contribution in [2.24, 2.45) is 5.73 Å². The lowest BCUT2D eigenvalue weighted by atomic mass is 10.1. The highest BCUT2D eigenvalue weighted by atomic mass is 35.5. The van der Waals surface area contributed by atoms with E-state index in [2.05, 4.69) is 15.6 Å². The molecule has 9 nitrogen and oxygen atoms in total. The normalized spacial score (nSPS) is 12.5. The lowest BCUT2D eigenvalue weighted by Gasteiger charge is -2.08. The Balaban J connectivity index is 0.000000176. The van der Waals surface area contributed by atoms with E-state index in [9.17, 15) is 14.4 Å². The Kier molecular flexibility index (Phi) is 6.66. The molecular weight excluding hydrogens is 424 g/mol. The van der Waals surface area contributed by atoms with E-state index in [-0.39, 0.29) is 22.8 Å². The summed E-state index contributed by atoms with van der Waals surface area (Å²) in [5.41, 5.74) is 6.33. The minimum absolute atomic E-state index is 0.0770. The summed E-state index contributed by atoms with van der Waals surface area (Å²) < 4.78 is 5.03. The van der Waals surface area contributed by atoms with Gasteiger partial charge in [0, 0.05) is 35.8 Å². The molecule has 1 saturated carbocycles. The second-order valence-electron chi connectivity index (χ2n) is 6.84. The fraction of sp³-hybridized carbons (Fsp3) is 0.190. The number of rotatable bonds is 4. The van der Waals surface area contributed by atoms with E-state index in [4.69, 9.17) is 27.2 Å². The molecule has 3 aromatic rings. The number of H-pyrrole nitrogens is 1. The van der Waals surface area contributed by atoms with Gasteiger partial charge in [-0.15, -0.1) is 0 Å². The maximum atomic E-state index is 11.5. The number of urea groups is 1. The monoisotopic (exact) mass is 444 g/mol. The zero-order valence-corrected chi connectivity index (χ0v) is 17.3. The number of halogens is 1. The van der Waals surface area contributed by atoms with Crippen molar-refractivity contribution >= 4 is 40.1 Å². The first-order chi connectivity index (χ1) is 14.8. The van der Waals surface area contributed by atoms with Crippen molar-refractivity contribution in [3.8, 4) is 11.5 Å². The molecular formula is C21H21ClN4O5. The number of primary amides is 1. The van der Waals surface area contributed by atoms with Crippen molar-refractivity contribution in [3.05, 3.63) is 63.4 Å². The van der Waals surface area contributed by atoms with Gasteiger partial charge in [-0.1, -0.05) is 11.6 Å². The Morgan fingerprint density at radius 1 is 1.23 bits per heavy atom. The molecule has 0 bridgehead atoms. The van der Waals surface area contributed by atoms with Crippen molar-refractivity contribution in [2.45, 2.75) is 18.9 Å². The van der Waals surface area contributed by atoms with E-state index in [1.807, 2.05) is 0 Å². The van der Waals surface area contributed by atoms with E-state index in [0.29, 0.717) is 33.4 Å². The molecule has 10 heteroatoms. The molecule has 2 aromatic carbocycles. The number of benzene rings is 2. The highest BCUT2D eigenvalue weighted by Crippen LogP contribution is 2.26. The Morgan fingerprint density at radius 3 is 2.58 bits per heavy atom. The number of phenols is 1. The Hall–Kier alpha value is -3.72. The van der Waals surface area contributed by atoms with Crippen LogP contribution < -0.4 is 26.5 Å². The largest absolute Gasteiger partial charge is 0.508 e. The summed E-state index contributed by atoms with van der Waals surface area (Å²) in [5, 5.41) is 15.2. The number of nitrogens with two attached hydrogens (primary N) is 1. The van der Waals surface area contributed by atoms with Crippen LogP contribution in [-0.2, 0) is 0 Å². The van der Waals surface area contributed by atoms with Crippen LogP contribution in [0, 0.1) is 0 Å². The average molecular weight is 445 g/mol. The molecule has 4 rings (SSSR count). The van der Waals surface area contributed by atoms with Crippen LogP contribution in [0.5, 0.6) is 11.5 Å². The van der Waals surface area contributed by atoms with Gasteiger partial charge >= 0.3 is 6.03 Å². The second-order valence-corrected chi connectivity index (χ2v) is 7.25. The fourth-order valence-corrected chi connectivity index (χ4v) is 2.96. The SMILES string of the molecule is COc1cc2[nH]ccc(=O)c2cc1C(N)=O.O=C(Nc1ccc(O)cc1Cl)NC1CC1. The fourth-order valence-electron chi connectivity index (χ4n) is 2.74. The Labute approximate surface area is 182 Å². The topological polar surface area (TPSA) is 147 Å². The smallest absolute Gasteiger partial charge is 0.319 e. The number of aromatic amines is 1. The van der Waals surface area contributed by atoms with Crippen molar-refractivity contribution in [2.75, 3.05) is 12.4 Å². The van der Waals surface area contributed by atoms with Crippen LogP contribution in [0.1, 0.15) is 23.2 Å². The maximum Gasteiger partial charge on any atom is 0.319 e. The maximum absolute atomic E-state index is 11.5. The third-order valence-electron chi connectivity index (χ3n) is 4.46. The predicted molar refractivity (Wildman–Crippen MR) is 118 cm³/mol. The van der Waals surface area contributed by atoms with Crippen LogP contribution in [0.25, 0.3) is 10.9 Å². The van der Waals surface area contributed by atoms with Crippen LogP contribution in [-0.4, -0.2) is 35.2 Å². The second kappa shape index (κ2) is 9.40. The number of nitrogens with one attached hydrogen (secondary N) is 3. The number of phenolic OH excluding ortho intramolecular Hbond substituents is 1. The summed E-state index contributed by atoms with van der Waals surface area (Å²) in [6.45, 7) is 0. The third-order valence-corrected chi connectivity index (χ3v) is 4.77. The van der Waals surface area contributed by atoms with Crippen LogP contribution in [0.3, 0.4) is 0 Å². The lowest BCUT2D eigenvalue weighted by Crippen LogP contribution is -2.30. The molecule has 0 saturated heterocycles. The quantitative estimate of drug-likeness (QED) is 0.392. The summed E-state index contributed by atoms with van der Waals surface area (Å²) in [7, 11) is 1.44. The molecule has 0 radical (unpaired) electrons. The zero-order chi connectivity index (χ0) is 22.5. The molecule has 1 heterocycles. The molecule has 6 N–H and O–H groups in total. The van der Waals surface area contributed by atoms with Crippen LogP contribution in [0.4, 0.5) is 10.5 Å². The number of carbonyl (C=O) groups excluding carboxylic acids is 2. The summed E-state index contributed by atoms with van der Waals surface area (Å²) >= 11 is 5.82. The molecule has 1 aliphatic rings. The Morgan fingerprint density at radius 2 is 1.97 bits per heavy atom. The van der Waals surface area contributed by atoms with Crippen LogP contribution >= 0.6 is 11.6 Å². The highest BCUT2D eigenvalue weighted by molar-refractivity contribution is 6.33. The number of fused-ring (bicyclic) bond motifs is 1. The number of ether oxygens (including phenoxy) is 1. The minimum Gasteiger partial charge on any atom is -0.508 e. The Bertz CT molecular complexity index is 1190. The van der Waals surface area contributed by atoms with Crippen molar-refractivity contribution in [1.29, 1.82) is 0 Å². The number of pyridine rings is 1.